The fourth-order valence-electron chi connectivity index (χ4n) is 1.70. The number of likely N-dealkylation sites (N-methyl/N-ethyl adjacent to an activating group) is 2. The van der Waals surface area contributed by atoms with E-state index in [9.17, 15) is 4.79 Å². The van der Waals surface area contributed by atoms with Gasteiger partial charge in [-0.25, -0.2) is 4.79 Å². The van der Waals surface area contributed by atoms with Crippen LogP contribution >= 0.6 is 0 Å². The molecule has 100 valence electrons. The lowest BCUT2D eigenvalue weighted by molar-refractivity contribution is -0.0376. The number of amides is 1. The highest BCUT2D eigenvalue weighted by Gasteiger charge is 2.24. The first-order chi connectivity index (χ1) is 7.78. The molecular formula is C12H24N2O3. The zero-order chi connectivity index (χ0) is 13.1. The third-order valence-corrected chi connectivity index (χ3v) is 2.52. The van der Waals surface area contributed by atoms with E-state index in [2.05, 4.69) is 11.9 Å². The van der Waals surface area contributed by atoms with Gasteiger partial charge in [0.1, 0.15) is 5.60 Å². The average Bonchev–Trinajstić information content (AvgIpc) is 2.14. The summed E-state index contributed by atoms with van der Waals surface area (Å²) in [6.07, 6.45) is -0.222. The minimum absolute atomic E-state index is 0.0752. The smallest absolute Gasteiger partial charge is 0.410 e. The van der Waals surface area contributed by atoms with E-state index >= 15 is 0 Å². The third kappa shape index (κ3) is 5.37. The lowest BCUT2D eigenvalue weighted by Crippen LogP contribution is -2.47. The molecule has 1 heterocycles. The molecule has 0 bridgehead atoms. The van der Waals surface area contributed by atoms with Gasteiger partial charge in [-0.2, -0.15) is 0 Å². The topological polar surface area (TPSA) is 42.0 Å². The number of carbonyl (C=O) groups excluding carboxylic acids is 1. The molecule has 0 aliphatic carbocycles. The van der Waals surface area contributed by atoms with Crippen molar-refractivity contribution in [1.82, 2.24) is 9.80 Å². The summed E-state index contributed by atoms with van der Waals surface area (Å²) in [4.78, 5) is 15.5. The highest BCUT2D eigenvalue weighted by Crippen LogP contribution is 2.10. The molecule has 0 unspecified atom stereocenters. The number of rotatable bonds is 2. The minimum atomic E-state index is -0.449. The van der Waals surface area contributed by atoms with E-state index in [4.69, 9.17) is 9.47 Å². The molecule has 0 spiro atoms. The van der Waals surface area contributed by atoms with Crippen LogP contribution in [-0.2, 0) is 9.47 Å². The Morgan fingerprint density at radius 2 is 2.18 bits per heavy atom. The fourth-order valence-corrected chi connectivity index (χ4v) is 1.70. The Balaban J connectivity index is 2.37. The normalized spacial score (nSPS) is 22.3. The maximum Gasteiger partial charge on any atom is 0.410 e. The van der Waals surface area contributed by atoms with Crippen molar-refractivity contribution in [3.05, 3.63) is 0 Å². The molecule has 0 aromatic heterocycles. The quantitative estimate of drug-likeness (QED) is 0.731. The van der Waals surface area contributed by atoms with Gasteiger partial charge in [-0.15, -0.1) is 0 Å². The third-order valence-electron chi connectivity index (χ3n) is 2.52. The van der Waals surface area contributed by atoms with Crippen molar-refractivity contribution in [3.63, 3.8) is 0 Å². The molecule has 0 aromatic carbocycles. The SMILES string of the molecule is CN1CCO[C@@H](CN(C)C(=O)OC(C)(C)C)C1. The van der Waals surface area contributed by atoms with Crippen LogP contribution in [-0.4, -0.2) is 67.9 Å². The fraction of sp³-hybridized carbons (Fsp3) is 0.917. The molecular weight excluding hydrogens is 220 g/mol. The van der Waals surface area contributed by atoms with E-state index in [1.54, 1.807) is 11.9 Å². The number of nitrogens with zero attached hydrogens (tertiary/aromatic N) is 2. The lowest BCUT2D eigenvalue weighted by atomic mass is 10.2. The molecule has 5 nitrogen and oxygen atoms in total. The second kappa shape index (κ2) is 5.69. The molecule has 1 atom stereocenters. The average molecular weight is 244 g/mol. The molecule has 17 heavy (non-hydrogen) atoms. The summed E-state index contributed by atoms with van der Waals surface area (Å²) < 4.78 is 10.9. The number of ether oxygens (including phenoxy) is 2. The van der Waals surface area contributed by atoms with E-state index in [0.29, 0.717) is 6.54 Å². The highest BCUT2D eigenvalue weighted by molar-refractivity contribution is 5.67. The summed E-state index contributed by atoms with van der Waals surface area (Å²) in [5, 5.41) is 0. The largest absolute Gasteiger partial charge is 0.444 e. The van der Waals surface area contributed by atoms with Crippen LogP contribution in [0.4, 0.5) is 4.79 Å². The van der Waals surface area contributed by atoms with Gasteiger partial charge >= 0.3 is 6.09 Å². The van der Waals surface area contributed by atoms with Gasteiger partial charge in [-0.3, -0.25) is 0 Å². The van der Waals surface area contributed by atoms with Gasteiger partial charge in [0.05, 0.1) is 19.3 Å². The first-order valence-corrected chi connectivity index (χ1v) is 6.02. The Morgan fingerprint density at radius 1 is 1.53 bits per heavy atom. The zero-order valence-electron chi connectivity index (χ0n) is 11.5. The minimum Gasteiger partial charge on any atom is -0.444 e. The van der Waals surface area contributed by atoms with Crippen LogP contribution in [0.25, 0.3) is 0 Å². The maximum atomic E-state index is 11.7. The van der Waals surface area contributed by atoms with Gasteiger partial charge in [0.2, 0.25) is 0 Å². The van der Waals surface area contributed by atoms with E-state index < -0.39 is 5.60 Å². The van der Waals surface area contributed by atoms with Crippen molar-refractivity contribution < 1.29 is 14.3 Å². The molecule has 1 aliphatic heterocycles. The summed E-state index contributed by atoms with van der Waals surface area (Å²) in [5.74, 6) is 0. The van der Waals surface area contributed by atoms with Gasteiger partial charge in [0.25, 0.3) is 0 Å². The number of carbonyl (C=O) groups is 1. The van der Waals surface area contributed by atoms with Crippen molar-refractivity contribution >= 4 is 6.09 Å². The van der Waals surface area contributed by atoms with E-state index in [1.807, 2.05) is 20.8 Å². The molecule has 1 fully saturated rings. The molecule has 0 aromatic rings. The molecule has 1 rings (SSSR count). The summed E-state index contributed by atoms with van der Waals surface area (Å²) in [6.45, 7) is 8.69. The highest BCUT2D eigenvalue weighted by atomic mass is 16.6. The molecule has 1 amide bonds. The second-order valence-electron chi connectivity index (χ2n) is 5.62. The van der Waals surface area contributed by atoms with Crippen LogP contribution in [0, 0.1) is 0 Å². The van der Waals surface area contributed by atoms with Crippen molar-refractivity contribution in [2.75, 3.05) is 40.3 Å². The van der Waals surface area contributed by atoms with Gasteiger partial charge in [-0.1, -0.05) is 0 Å². The molecule has 1 saturated heterocycles. The van der Waals surface area contributed by atoms with Crippen molar-refractivity contribution in [2.24, 2.45) is 0 Å². The van der Waals surface area contributed by atoms with Crippen molar-refractivity contribution in [2.45, 2.75) is 32.5 Å². The molecule has 0 saturated carbocycles. The Morgan fingerprint density at radius 3 is 2.71 bits per heavy atom. The van der Waals surface area contributed by atoms with Gasteiger partial charge in [-0.05, 0) is 27.8 Å². The van der Waals surface area contributed by atoms with Crippen LogP contribution in [0.3, 0.4) is 0 Å². The van der Waals surface area contributed by atoms with E-state index in [-0.39, 0.29) is 12.2 Å². The molecule has 0 radical (unpaired) electrons. The van der Waals surface area contributed by atoms with Crippen LogP contribution in [0.2, 0.25) is 0 Å². The standard InChI is InChI=1S/C12H24N2O3/c1-12(2,3)17-11(15)14(5)9-10-8-13(4)6-7-16-10/h10H,6-9H2,1-5H3/t10-/m1/s1. The van der Waals surface area contributed by atoms with Crippen LogP contribution in [0.15, 0.2) is 0 Å². The van der Waals surface area contributed by atoms with Crippen LogP contribution in [0.1, 0.15) is 20.8 Å². The summed E-state index contributed by atoms with van der Waals surface area (Å²) in [5.41, 5.74) is -0.449. The number of morpholine rings is 1. The van der Waals surface area contributed by atoms with E-state index in [0.717, 1.165) is 19.7 Å². The molecule has 5 heteroatoms. The Labute approximate surface area is 104 Å². The Hall–Kier alpha value is -0.810. The summed E-state index contributed by atoms with van der Waals surface area (Å²) in [6, 6.07) is 0. The Kier molecular flexibility index (Phi) is 4.77. The van der Waals surface area contributed by atoms with Gasteiger partial charge < -0.3 is 19.3 Å². The lowest BCUT2D eigenvalue weighted by Gasteiger charge is -2.33. The van der Waals surface area contributed by atoms with Crippen LogP contribution in [0.5, 0.6) is 0 Å². The zero-order valence-corrected chi connectivity index (χ0v) is 11.5. The van der Waals surface area contributed by atoms with Crippen LogP contribution < -0.4 is 0 Å². The molecule has 0 N–H and O–H groups in total. The van der Waals surface area contributed by atoms with Gasteiger partial charge in [0, 0.05) is 20.1 Å². The van der Waals surface area contributed by atoms with Crippen molar-refractivity contribution in [1.29, 1.82) is 0 Å². The number of hydrogen-bond acceptors (Lipinski definition) is 4. The first kappa shape index (κ1) is 14.3. The summed E-state index contributed by atoms with van der Waals surface area (Å²) >= 11 is 0. The predicted octanol–water partition coefficient (Wildman–Crippen LogP) is 1.18. The van der Waals surface area contributed by atoms with E-state index in [1.165, 1.54) is 0 Å². The van der Waals surface area contributed by atoms with Gasteiger partial charge in [0.15, 0.2) is 0 Å². The molecule has 1 aliphatic rings. The first-order valence-electron chi connectivity index (χ1n) is 6.02. The number of hydrogen-bond donors (Lipinski definition) is 0. The second-order valence-corrected chi connectivity index (χ2v) is 5.62. The maximum absolute atomic E-state index is 11.7. The Bertz CT molecular complexity index is 263. The summed E-state index contributed by atoms with van der Waals surface area (Å²) in [7, 11) is 3.80. The predicted molar refractivity (Wildman–Crippen MR) is 66.1 cm³/mol. The monoisotopic (exact) mass is 244 g/mol. The van der Waals surface area contributed by atoms with Crippen molar-refractivity contribution in [3.8, 4) is 0 Å².